The van der Waals surface area contributed by atoms with E-state index < -0.39 is 6.10 Å². The Morgan fingerprint density at radius 3 is 2.36 bits per heavy atom. The molecule has 3 rings (SSSR count). The molecule has 0 saturated heterocycles. The lowest BCUT2D eigenvalue weighted by atomic mass is 9.83. The monoisotopic (exact) mass is 414 g/mol. The van der Waals surface area contributed by atoms with E-state index in [1.165, 1.54) is 43.2 Å². The molecule has 2 aromatic rings. The van der Waals surface area contributed by atoms with Crippen molar-refractivity contribution < 1.29 is 5.11 Å². The van der Waals surface area contributed by atoms with Crippen LogP contribution in [0.15, 0.2) is 61.2 Å². The topological polar surface area (TPSA) is 20.2 Å². The van der Waals surface area contributed by atoms with E-state index in [-0.39, 0.29) is 0 Å². The molecule has 0 bridgehead atoms. The smallest absolute Gasteiger partial charge is 0.0800 e. The summed E-state index contributed by atoms with van der Waals surface area (Å²) in [6.07, 6.45) is 9.87. The summed E-state index contributed by atoms with van der Waals surface area (Å²) in [5.74, 6) is 1.63. The van der Waals surface area contributed by atoms with Crippen LogP contribution >= 0.6 is 23.4 Å². The first-order valence-electron chi connectivity index (χ1n) is 10.4. The van der Waals surface area contributed by atoms with Gasteiger partial charge in [0.2, 0.25) is 0 Å². The van der Waals surface area contributed by atoms with Crippen molar-refractivity contribution in [3.8, 4) is 0 Å². The molecule has 0 aliphatic heterocycles. The second kappa shape index (κ2) is 11.1. The number of aliphatic hydroxyl groups is 1. The van der Waals surface area contributed by atoms with Crippen LogP contribution in [-0.2, 0) is 5.75 Å². The minimum absolute atomic E-state index is 0.348. The zero-order chi connectivity index (χ0) is 19.8. The Kier molecular flexibility index (Phi) is 8.51. The van der Waals surface area contributed by atoms with Gasteiger partial charge in [-0.2, -0.15) is 11.8 Å². The van der Waals surface area contributed by atoms with E-state index in [1.54, 1.807) is 0 Å². The number of hydrogen-bond donors (Lipinski definition) is 1. The van der Waals surface area contributed by atoms with Crippen molar-refractivity contribution in [1.29, 1.82) is 0 Å². The lowest BCUT2D eigenvalue weighted by Gasteiger charge is -2.23. The molecule has 150 valence electrons. The molecule has 0 spiro atoms. The van der Waals surface area contributed by atoms with E-state index in [1.807, 2.05) is 30.0 Å². The van der Waals surface area contributed by atoms with E-state index in [4.69, 9.17) is 11.6 Å². The zero-order valence-corrected chi connectivity index (χ0v) is 18.1. The van der Waals surface area contributed by atoms with Gasteiger partial charge in [0.05, 0.1) is 6.10 Å². The molecular weight excluding hydrogens is 384 g/mol. The second-order valence-electron chi connectivity index (χ2n) is 7.84. The number of halogens is 1. The molecule has 1 nitrogen and oxygen atoms in total. The highest BCUT2D eigenvalue weighted by Gasteiger charge is 2.18. The number of allylic oxidation sites excluding steroid dienone is 1. The first-order chi connectivity index (χ1) is 13.7. The molecule has 1 aliphatic carbocycles. The van der Waals surface area contributed by atoms with Crippen LogP contribution in [0.25, 0.3) is 0 Å². The van der Waals surface area contributed by atoms with E-state index >= 15 is 0 Å². The van der Waals surface area contributed by atoms with Crippen LogP contribution in [0.4, 0.5) is 0 Å². The van der Waals surface area contributed by atoms with E-state index in [0.717, 1.165) is 29.2 Å². The Labute approximate surface area is 179 Å². The molecule has 0 heterocycles. The Morgan fingerprint density at radius 2 is 1.71 bits per heavy atom. The highest BCUT2D eigenvalue weighted by Crippen LogP contribution is 2.34. The Bertz CT molecular complexity index is 719. The molecule has 2 unspecified atom stereocenters. The van der Waals surface area contributed by atoms with Crippen LogP contribution in [0, 0.1) is 0 Å². The quantitative estimate of drug-likeness (QED) is 0.424. The van der Waals surface area contributed by atoms with Gasteiger partial charge < -0.3 is 5.11 Å². The molecule has 0 radical (unpaired) electrons. The summed E-state index contributed by atoms with van der Waals surface area (Å²) >= 11 is 7.85. The molecule has 1 aliphatic rings. The summed E-state index contributed by atoms with van der Waals surface area (Å²) in [7, 11) is 0. The highest BCUT2D eigenvalue weighted by atomic mass is 35.5. The van der Waals surface area contributed by atoms with Crippen molar-refractivity contribution in [3.05, 3.63) is 82.9 Å². The number of thioether (sulfide) groups is 1. The van der Waals surface area contributed by atoms with E-state index in [0.29, 0.717) is 11.2 Å². The third kappa shape index (κ3) is 6.40. The molecule has 1 saturated carbocycles. The number of rotatable bonds is 9. The van der Waals surface area contributed by atoms with Gasteiger partial charge in [0.15, 0.2) is 0 Å². The Morgan fingerprint density at radius 1 is 1.04 bits per heavy atom. The zero-order valence-electron chi connectivity index (χ0n) is 16.5. The van der Waals surface area contributed by atoms with Gasteiger partial charge in [0.25, 0.3) is 0 Å². The summed E-state index contributed by atoms with van der Waals surface area (Å²) in [5, 5.41) is 11.9. The van der Waals surface area contributed by atoms with Gasteiger partial charge in [-0.05, 0) is 60.4 Å². The largest absolute Gasteiger partial charge is 0.388 e. The molecule has 0 amide bonds. The minimum atomic E-state index is -0.428. The van der Waals surface area contributed by atoms with Crippen molar-refractivity contribution in [2.45, 2.75) is 68.0 Å². The highest BCUT2D eigenvalue weighted by molar-refractivity contribution is 7.99. The summed E-state index contributed by atoms with van der Waals surface area (Å²) in [4.78, 5) is 0. The number of aliphatic hydroxyl groups excluding tert-OH is 1. The van der Waals surface area contributed by atoms with Crippen LogP contribution in [0.5, 0.6) is 0 Å². The Balaban J connectivity index is 1.55. The number of benzene rings is 2. The maximum absolute atomic E-state index is 10.8. The van der Waals surface area contributed by atoms with Crippen LogP contribution in [0.3, 0.4) is 0 Å². The van der Waals surface area contributed by atoms with Crippen molar-refractivity contribution >= 4 is 23.4 Å². The predicted octanol–water partition coefficient (Wildman–Crippen LogP) is 7.69. The molecule has 28 heavy (non-hydrogen) atoms. The van der Waals surface area contributed by atoms with Crippen LogP contribution in [-0.4, -0.2) is 10.4 Å². The van der Waals surface area contributed by atoms with Crippen molar-refractivity contribution in [2.24, 2.45) is 0 Å². The van der Waals surface area contributed by atoms with Gasteiger partial charge in [0, 0.05) is 16.0 Å². The fraction of sp³-hybridized carbons (Fsp3) is 0.440. The molecule has 2 atom stereocenters. The minimum Gasteiger partial charge on any atom is -0.388 e. The third-order valence-corrected chi connectivity index (χ3v) is 7.32. The van der Waals surface area contributed by atoms with Gasteiger partial charge in [0.1, 0.15) is 0 Å². The van der Waals surface area contributed by atoms with Gasteiger partial charge >= 0.3 is 0 Å². The van der Waals surface area contributed by atoms with E-state index in [2.05, 4.69) is 43.0 Å². The first kappa shape index (κ1) is 21.5. The summed E-state index contributed by atoms with van der Waals surface area (Å²) in [6.45, 7) is 3.90. The maximum atomic E-state index is 10.8. The summed E-state index contributed by atoms with van der Waals surface area (Å²) in [6, 6.07) is 16.7. The van der Waals surface area contributed by atoms with Gasteiger partial charge in [-0.15, -0.1) is 6.58 Å². The van der Waals surface area contributed by atoms with Crippen molar-refractivity contribution in [3.63, 3.8) is 0 Å². The van der Waals surface area contributed by atoms with Crippen LogP contribution < -0.4 is 0 Å². The lowest BCUT2D eigenvalue weighted by molar-refractivity contribution is 0.167. The predicted molar refractivity (Wildman–Crippen MR) is 123 cm³/mol. The van der Waals surface area contributed by atoms with Crippen molar-refractivity contribution in [1.82, 2.24) is 0 Å². The number of hydrogen-bond acceptors (Lipinski definition) is 2. The van der Waals surface area contributed by atoms with E-state index in [9.17, 15) is 5.11 Å². The average molecular weight is 415 g/mol. The molecule has 0 aromatic heterocycles. The normalized spacial score (nSPS) is 17.2. The van der Waals surface area contributed by atoms with Crippen LogP contribution in [0.1, 0.15) is 73.7 Å². The molecule has 2 aromatic carbocycles. The second-order valence-corrected chi connectivity index (χ2v) is 9.56. The third-order valence-electron chi connectivity index (χ3n) is 5.71. The Hall–Kier alpha value is -1.22. The van der Waals surface area contributed by atoms with Gasteiger partial charge in [-0.25, -0.2) is 0 Å². The first-order valence-corrected chi connectivity index (χ1v) is 11.8. The molecule has 1 N–H and O–H groups in total. The lowest BCUT2D eigenvalue weighted by Crippen LogP contribution is -2.10. The molecule has 1 fully saturated rings. The molecule has 3 heteroatoms. The average Bonchev–Trinajstić information content (AvgIpc) is 2.74. The maximum Gasteiger partial charge on any atom is 0.0800 e. The molecular formula is C25H31ClOS. The van der Waals surface area contributed by atoms with Crippen molar-refractivity contribution in [2.75, 3.05) is 0 Å². The summed E-state index contributed by atoms with van der Waals surface area (Å²) < 4.78 is 0. The summed E-state index contributed by atoms with van der Waals surface area (Å²) in [5.41, 5.74) is 3.73. The van der Waals surface area contributed by atoms with Gasteiger partial charge in [-0.1, -0.05) is 73.3 Å². The SMILES string of the molecule is C=CCC(CC(O)c1ccc(C2CCCCC2)cc1)SCc1ccc(Cl)cc1. The van der Waals surface area contributed by atoms with Crippen LogP contribution in [0.2, 0.25) is 5.02 Å². The van der Waals surface area contributed by atoms with Gasteiger partial charge in [-0.3, -0.25) is 0 Å². The fourth-order valence-electron chi connectivity index (χ4n) is 4.02. The standard InChI is InChI=1S/C25H31ClOS/c1-2-6-24(28-18-19-9-15-23(26)16-10-19)17-25(27)22-13-11-21(12-14-22)20-7-4-3-5-8-20/h2,9-16,20,24-25,27H,1,3-8,17-18H2. The fourth-order valence-corrected chi connectivity index (χ4v) is 5.36.